The molecule has 31 heavy (non-hydrogen) atoms. The molecule has 4 atom stereocenters. The second kappa shape index (κ2) is 11.3. The molecule has 4 rings (SSSR count). The third-order valence-corrected chi connectivity index (χ3v) is 9.57. The minimum atomic E-state index is 0.0187. The van der Waals surface area contributed by atoms with E-state index in [9.17, 15) is 4.39 Å². The number of rotatable bonds is 8. The molecular formula is C30H47F. The summed E-state index contributed by atoms with van der Waals surface area (Å²) >= 11 is 0. The van der Waals surface area contributed by atoms with Crippen LogP contribution in [0.25, 0.3) is 0 Å². The van der Waals surface area contributed by atoms with Crippen molar-refractivity contribution in [2.24, 2.45) is 29.6 Å². The van der Waals surface area contributed by atoms with Crippen LogP contribution in [0.15, 0.2) is 18.2 Å². The molecule has 174 valence electrons. The van der Waals surface area contributed by atoms with Gasteiger partial charge in [0.1, 0.15) is 5.82 Å². The number of fused-ring (bicyclic) bond motifs is 1. The molecule has 1 aromatic rings. The summed E-state index contributed by atoms with van der Waals surface area (Å²) in [6.07, 6.45) is 22.5. The lowest BCUT2D eigenvalue weighted by Crippen LogP contribution is -2.30. The molecular weight excluding hydrogens is 379 g/mol. The Kier molecular flexibility index (Phi) is 8.52. The summed E-state index contributed by atoms with van der Waals surface area (Å²) in [4.78, 5) is 0. The van der Waals surface area contributed by atoms with Crippen molar-refractivity contribution in [3.63, 3.8) is 0 Å². The van der Waals surface area contributed by atoms with Crippen LogP contribution < -0.4 is 0 Å². The molecule has 0 saturated heterocycles. The summed E-state index contributed by atoms with van der Waals surface area (Å²) in [5.41, 5.74) is 2.14. The van der Waals surface area contributed by atoms with Crippen molar-refractivity contribution in [3.8, 4) is 0 Å². The SMILES string of the molecule is CCCCC1CCC(CCC2CCC3CC(c4ccc(CC)c(F)c4)CCC3C2)CC1. The number of halogens is 1. The standard InChI is InChI=1S/C30H47F/c1-3-5-6-22-7-9-23(10-8-22)11-12-24-13-14-27-20-28(18-17-26(27)19-24)29-16-15-25(4-2)30(31)21-29/h15-16,21-24,26-28H,3-14,17-20H2,1-2H3. The molecule has 0 aliphatic heterocycles. The summed E-state index contributed by atoms with van der Waals surface area (Å²) in [6, 6.07) is 6.10. The van der Waals surface area contributed by atoms with Gasteiger partial charge in [-0.2, -0.15) is 0 Å². The van der Waals surface area contributed by atoms with E-state index in [2.05, 4.69) is 13.0 Å². The van der Waals surface area contributed by atoms with Gasteiger partial charge in [-0.15, -0.1) is 0 Å². The Hall–Kier alpha value is -0.850. The molecule has 0 heterocycles. The lowest BCUT2D eigenvalue weighted by molar-refractivity contribution is 0.108. The summed E-state index contributed by atoms with van der Waals surface area (Å²) in [5, 5.41) is 0. The van der Waals surface area contributed by atoms with E-state index in [4.69, 9.17) is 0 Å². The van der Waals surface area contributed by atoms with Gasteiger partial charge in [-0.25, -0.2) is 4.39 Å². The summed E-state index contributed by atoms with van der Waals surface area (Å²) < 4.78 is 14.3. The number of benzene rings is 1. The highest BCUT2D eigenvalue weighted by atomic mass is 19.1. The number of hydrogen-bond donors (Lipinski definition) is 0. The van der Waals surface area contributed by atoms with Crippen LogP contribution in [-0.2, 0) is 6.42 Å². The first-order chi connectivity index (χ1) is 15.2. The molecule has 3 aliphatic carbocycles. The lowest BCUT2D eigenvalue weighted by Gasteiger charge is -2.43. The summed E-state index contributed by atoms with van der Waals surface area (Å²) in [6.45, 7) is 4.37. The van der Waals surface area contributed by atoms with Crippen LogP contribution in [0.3, 0.4) is 0 Å². The van der Waals surface area contributed by atoms with Crippen molar-refractivity contribution in [3.05, 3.63) is 35.1 Å². The van der Waals surface area contributed by atoms with Crippen LogP contribution in [0, 0.1) is 35.4 Å². The van der Waals surface area contributed by atoms with Crippen LogP contribution in [0.4, 0.5) is 4.39 Å². The third kappa shape index (κ3) is 6.14. The fraction of sp³-hybridized carbons (Fsp3) is 0.800. The average Bonchev–Trinajstić information content (AvgIpc) is 2.81. The third-order valence-electron chi connectivity index (χ3n) is 9.57. The second-order valence-corrected chi connectivity index (χ2v) is 11.5. The van der Waals surface area contributed by atoms with Gasteiger partial charge in [0.05, 0.1) is 0 Å². The van der Waals surface area contributed by atoms with Gasteiger partial charge in [0.2, 0.25) is 0 Å². The Morgan fingerprint density at radius 3 is 2.10 bits per heavy atom. The van der Waals surface area contributed by atoms with E-state index in [0.717, 1.165) is 41.6 Å². The quantitative estimate of drug-likeness (QED) is 0.388. The monoisotopic (exact) mass is 426 g/mol. The fourth-order valence-electron chi connectivity index (χ4n) is 7.43. The molecule has 0 spiro atoms. The molecule has 0 bridgehead atoms. The lowest BCUT2D eigenvalue weighted by atomic mass is 9.63. The molecule has 3 aliphatic rings. The Morgan fingerprint density at radius 1 is 0.742 bits per heavy atom. The molecule has 0 aromatic heterocycles. The van der Waals surface area contributed by atoms with E-state index < -0.39 is 0 Å². The highest BCUT2D eigenvalue weighted by Gasteiger charge is 2.36. The van der Waals surface area contributed by atoms with Gasteiger partial charge >= 0.3 is 0 Å². The van der Waals surface area contributed by atoms with E-state index in [1.807, 2.05) is 19.1 Å². The maximum Gasteiger partial charge on any atom is 0.126 e. The molecule has 0 amide bonds. The van der Waals surface area contributed by atoms with Gasteiger partial charge in [-0.05, 0) is 91.2 Å². The first-order valence-corrected chi connectivity index (χ1v) is 13.9. The molecule has 4 unspecified atom stereocenters. The Balaban J connectivity index is 1.19. The zero-order valence-corrected chi connectivity index (χ0v) is 20.4. The van der Waals surface area contributed by atoms with Gasteiger partial charge < -0.3 is 0 Å². The maximum atomic E-state index is 14.3. The van der Waals surface area contributed by atoms with Crippen molar-refractivity contribution in [2.45, 2.75) is 122 Å². The van der Waals surface area contributed by atoms with E-state index in [1.54, 1.807) is 0 Å². The first kappa shape index (κ1) is 23.3. The fourth-order valence-corrected chi connectivity index (χ4v) is 7.43. The van der Waals surface area contributed by atoms with E-state index >= 15 is 0 Å². The number of unbranched alkanes of at least 4 members (excludes halogenated alkanes) is 1. The van der Waals surface area contributed by atoms with E-state index in [-0.39, 0.29) is 5.82 Å². The topological polar surface area (TPSA) is 0 Å². The average molecular weight is 427 g/mol. The van der Waals surface area contributed by atoms with Gasteiger partial charge in [-0.3, -0.25) is 0 Å². The number of hydrogen-bond acceptors (Lipinski definition) is 0. The minimum Gasteiger partial charge on any atom is -0.207 e. The molecule has 3 saturated carbocycles. The van der Waals surface area contributed by atoms with Gasteiger partial charge in [-0.1, -0.05) is 90.2 Å². The molecule has 1 aromatic carbocycles. The predicted octanol–water partition coefficient (Wildman–Crippen LogP) is 9.46. The second-order valence-electron chi connectivity index (χ2n) is 11.5. The van der Waals surface area contributed by atoms with Crippen LogP contribution in [0.5, 0.6) is 0 Å². The number of aryl methyl sites for hydroxylation is 1. The van der Waals surface area contributed by atoms with Gasteiger partial charge in [0.25, 0.3) is 0 Å². The predicted molar refractivity (Wildman–Crippen MR) is 131 cm³/mol. The van der Waals surface area contributed by atoms with Crippen molar-refractivity contribution in [2.75, 3.05) is 0 Å². The van der Waals surface area contributed by atoms with E-state index in [0.29, 0.717) is 5.92 Å². The first-order valence-electron chi connectivity index (χ1n) is 13.9. The Labute approximate surface area is 191 Å². The van der Waals surface area contributed by atoms with Crippen molar-refractivity contribution in [1.82, 2.24) is 0 Å². The highest BCUT2D eigenvalue weighted by molar-refractivity contribution is 5.27. The normalized spacial score (nSPS) is 33.8. The highest BCUT2D eigenvalue weighted by Crippen LogP contribution is 2.49. The molecule has 3 fully saturated rings. The van der Waals surface area contributed by atoms with Crippen LogP contribution in [-0.4, -0.2) is 0 Å². The van der Waals surface area contributed by atoms with Crippen molar-refractivity contribution in [1.29, 1.82) is 0 Å². The van der Waals surface area contributed by atoms with Crippen molar-refractivity contribution < 1.29 is 4.39 Å². The maximum absolute atomic E-state index is 14.3. The zero-order valence-electron chi connectivity index (χ0n) is 20.4. The van der Waals surface area contributed by atoms with E-state index in [1.165, 1.54) is 102 Å². The summed E-state index contributed by atoms with van der Waals surface area (Å²) in [7, 11) is 0. The molecule has 0 radical (unpaired) electrons. The van der Waals surface area contributed by atoms with Crippen molar-refractivity contribution >= 4 is 0 Å². The molecule has 0 N–H and O–H groups in total. The minimum absolute atomic E-state index is 0.0187. The van der Waals surface area contributed by atoms with Crippen LogP contribution >= 0.6 is 0 Å². The molecule has 0 nitrogen and oxygen atoms in total. The summed E-state index contributed by atoms with van der Waals surface area (Å²) in [5.74, 6) is 5.56. The Morgan fingerprint density at radius 2 is 1.39 bits per heavy atom. The van der Waals surface area contributed by atoms with Crippen LogP contribution in [0.1, 0.15) is 127 Å². The largest absolute Gasteiger partial charge is 0.207 e. The van der Waals surface area contributed by atoms with Crippen LogP contribution in [0.2, 0.25) is 0 Å². The zero-order chi connectivity index (χ0) is 21.6. The van der Waals surface area contributed by atoms with Gasteiger partial charge in [0.15, 0.2) is 0 Å². The van der Waals surface area contributed by atoms with Gasteiger partial charge in [0, 0.05) is 0 Å². The molecule has 1 heteroatoms. The Bertz CT molecular complexity index is 671. The smallest absolute Gasteiger partial charge is 0.126 e.